The van der Waals surface area contributed by atoms with Crippen molar-refractivity contribution in [3.63, 3.8) is 0 Å². The van der Waals surface area contributed by atoms with Crippen LogP contribution in [0.5, 0.6) is 0 Å². The summed E-state index contributed by atoms with van der Waals surface area (Å²) in [4.78, 5) is 3.96. The summed E-state index contributed by atoms with van der Waals surface area (Å²) in [5.74, 6) is 1.02. The van der Waals surface area contributed by atoms with Gasteiger partial charge in [0, 0.05) is 35.4 Å². The van der Waals surface area contributed by atoms with Crippen molar-refractivity contribution in [3.05, 3.63) is 0 Å². The molecule has 0 rings (SSSR count). The van der Waals surface area contributed by atoms with Crippen molar-refractivity contribution in [1.82, 2.24) is 5.32 Å². The molecule has 0 aliphatic heterocycles. The second-order valence-electron chi connectivity index (χ2n) is 2.64. The Balaban J connectivity index is 3.75. The predicted octanol–water partition coefficient (Wildman–Crippen LogP) is -0.322. The van der Waals surface area contributed by atoms with Gasteiger partial charge in [0.1, 0.15) is 0 Å². The third-order valence-electron chi connectivity index (χ3n) is 1.21. The summed E-state index contributed by atoms with van der Waals surface area (Å²) in [6.07, 6.45) is 1.67. The average molecular weight is 191 g/mol. The van der Waals surface area contributed by atoms with Crippen LogP contribution in [0, 0.1) is 0 Å². The zero-order valence-electron chi connectivity index (χ0n) is 7.83. The van der Waals surface area contributed by atoms with Gasteiger partial charge in [0.2, 0.25) is 0 Å². The van der Waals surface area contributed by atoms with E-state index in [9.17, 15) is 4.21 Å². The number of hydrogen-bond acceptors (Lipinski definition) is 2. The van der Waals surface area contributed by atoms with Crippen molar-refractivity contribution in [3.8, 4) is 0 Å². The van der Waals surface area contributed by atoms with E-state index >= 15 is 0 Å². The molecule has 0 aromatic carbocycles. The molecular formula is C7H17N3OS. The molecule has 12 heavy (non-hydrogen) atoms. The molecule has 0 amide bonds. The van der Waals surface area contributed by atoms with Crippen LogP contribution in [-0.2, 0) is 10.8 Å². The Hall–Kier alpha value is -0.580. The normalized spacial score (nSPS) is 17.1. The fourth-order valence-electron chi connectivity index (χ4n) is 0.862. The van der Waals surface area contributed by atoms with Gasteiger partial charge in [0.05, 0.1) is 0 Å². The molecular weight excluding hydrogens is 174 g/mol. The summed E-state index contributed by atoms with van der Waals surface area (Å²) in [6, 6.07) is 0.117. The first-order valence-corrected chi connectivity index (χ1v) is 5.65. The van der Waals surface area contributed by atoms with Crippen LogP contribution in [0.25, 0.3) is 0 Å². The van der Waals surface area contributed by atoms with Crippen LogP contribution in [0.4, 0.5) is 0 Å². The highest BCUT2D eigenvalue weighted by Crippen LogP contribution is 1.84. The number of nitrogens with two attached hydrogens (primary N) is 1. The standard InChI is InChI=1S/C7H17N3OS/c1-4-9-7(8)10-6(2)5-12(3)11/h6H,4-5H2,1-3H3,(H3,8,9,10). The lowest BCUT2D eigenvalue weighted by Gasteiger charge is -2.12. The summed E-state index contributed by atoms with van der Waals surface area (Å²) < 4.78 is 10.8. The van der Waals surface area contributed by atoms with E-state index < -0.39 is 10.8 Å². The molecule has 0 aromatic rings. The van der Waals surface area contributed by atoms with Crippen LogP contribution < -0.4 is 11.1 Å². The summed E-state index contributed by atoms with van der Waals surface area (Å²) in [6.45, 7) is 4.51. The van der Waals surface area contributed by atoms with E-state index in [2.05, 4.69) is 10.3 Å². The summed E-state index contributed by atoms with van der Waals surface area (Å²) >= 11 is 0. The topological polar surface area (TPSA) is 67.5 Å². The number of nitrogens with one attached hydrogen (secondary N) is 1. The molecule has 0 bridgehead atoms. The van der Waals surface area contributed by atoms with Gasteiger partial charge in [-0.25, -0.2) is 0 Å². The van der Waals surface area contributed by atoms with Gasteiger partial charge in [-0.3, -0.25) is 9.20 Å². The second kappa shape index (κ2) is 5.99. The van der Waals surface area contributed by atoms with E-state index in [0.717, 1.165) is 0 Å². The van der Waals surface area contributed by atoms with E-state index in [4.69, 9.17) is 5.73 Å². The fourth-order valence-corrected chi connectivity index (χ4v) is 1.65. The molecule has 0 saturated carbocycles. The molecule has 0 radical (unpaired) electrons. The van der Waals surface area contributed by atoms with Gasteiger partial charge < -0.3 is 11.1 Å². The van der Waals surface area contributed by atoms with E-state index in [-0.39, 0.29) is 6.04 Å². The first-order chi connectivity index (χ1) is 5.56. The van der Waals surface area contributed by atoms with Crippen LogP contribution >= 0.6 is 0 Å². The molecule has 0 aromatic heterocycles. The summed E-state index contributed by atoms with van der Waals surface area (Å²) in [5, 5.41) is 2.95. The summed E-state index contributed by atoms with van der Waals surface area (Å²) in [7, 11) is -0.789. The van der Waals surface area contributed by atoms with Crippen molar-refractivity contribution in [2.45, 2.75) is 19.9 Å². The van der Waals surface area contributed by atoms with Gasteiger partial charge in [0.15, 0.2) is 5.96 Å². The molecule has 0 aliphatic rings. The Morgan fingerprint density at radius 2 is 2.33 bits per heavy atom. The van der Waals surface area contributed by atoms with Gasteiger partial charge in [0.25, 0.3) is 0 Å². The number of nitrogens with zero attached hydrogens (tertiary/aromatic N) is 1. The third kappa shape index (κ3) is 6.15. The predicted molar refractivity (Wildman–Crippen MR) is 53.7 cm³/mol. The van der Waals surface area contributed by atoms with Crippen molar-refractivity contribution in [2.24, 2.45) is 10.7 Å². The largest absolute Gasteiger partial charge is 0.370 e. The molecule has 72 valence electrons. The number of aliphatic imine (C=N–C) groups is 1. The Labute approximate surface area is 76.1 Å². The van der Waals surface area contributed by atoms with E-state index in [1.165, 1.54) is 0 Å². The molecule has 4 nitrogen and oxygen atoms in total. The molecule has 0 heterocycles. The molecule has 0 spiro atoms. The third-order valence-corrected chi connectivity index (χ3v) is 2.18. The number of rotatable bonds is 4. The van der Waals surface area contributed by atoms with Gasteiger partial charge in [-0.15, -0.1) is 0 Å². The molecule has 0 fully saturated rings. The Kier molecular flexibility index (Phi) is 5.70. The van der Waals surface area contributed by atoms with Crippen molar-refractivity contribution in [1.29, 1.82) is 0 Å². The SMILES string of the molecule is CCN=C(N)NC(C)CS(C)=O. The fraction of sp³-hybridized carbons (Fsp3) is 0.857. The maximum absolute atomic E-state index is 10.8. The van der Waals surface area contributed by atoms with Crippen LogP contribution in [-0.4, -0.2) is 34.8 Å². The summed E-state index contributed by atoms with van der Waals surface area (Å²) in [5.41, 5.74) is 5.50. The number of hydrogen-bond donors (Lipinski definition) is 2. The highest BCUT2D eigenvalue weighted by atomic mass is 32.2. The van der Waals surface area contributed by atoms with Gasteiger partial charge >= 0.3 is 0 Å². The van der Waals surface area contributed by atoms with Gasteiger partial charge in [-0.2, -0.15) is 0 Å². The maximum atomic E-state index is 10.8. The molecule has 0 saturated heterocycles. The van der Waals surface area contributed by atoms with Crippen molar-refractivity contribution in [2.75, 3.05) is 18.6 Å². The first-order valence-electron chi connectivity index (χ1n) is 3.92. The lowest BCUT2D eigenvalue weighted by molar-refractivity contribution is 0.670. The molecule has 5 heteroatoms. The van der Waals surface area contributed by atoms with Crippen LogP contribution in [0.15, 0.2) is 4.99 Å². The quantitative estimate of drug-likeness (QED) is 0.472. The van der Waals surface area contributed by atoms with E-state index in [1.807, 2.05) is 13.8 Å². The zero-order valence-corrected chi connectivity index (χ0v) is 8.65. The Bertz CT molecular complexity index is 181. The minimum atomic E-state index is -0.789. The highest BCUT2D eigenvalue weighted by Gasteiger charge is 2.03. The van der Waals surface area contributed by atoms with Gasteiger partial charge in [-0.1, -0.05) is 0 Å². The molecule has 2 atom stereocenters. The monoisotopic (exact) mass is 191 g/mol. The van der Waals surface area contributed by atoms with Crippen LogP contribution in [0.1, 0.15) is 13.8 Å². The Morgan fingerprint density at radius 1 is 1.75 bits per heavy atom. The van der Waals surface area contributed by atoms with E-state index in [0.29, 0.717) is 18.3 Å². The minimum absolute atomic E-state index is 0.117. The highest BCUT2D eigenvalue weighted by molar-refractivity contribution is 7.84. The maximum Gasteiger partial charge on any atom is 0.188 e. The van der Waals surface area contributed by atoms with E-state index in [1.54, 1.807) is 6.26 Å². The molecule has 2 unspecified atom stereocenters. The van der Waals surface area contributed by atoms with Crippen molar-refractivity contribution >= 4 is 16.8 Å². The molecule has 3 N–H and O–H groups in total. The lowest BCUT2D eigenvalue weighted by Crippen LogP contribution is -2.41. The van der Waals surface area contributed by atoms with Gasteiger partial charge in [-0.05, 0) is 13.8 Å². The lowest BCUT2D eigenvalue weighted by atomic mass is 10.4. The first kappa shape index (κ1) is 11.4. The van der Waals surface area contributed by atoms with Crippen molar-refractivity contribution < 1.29 is 4.21 Å². The average Bonchev–Trinajstić information content (AvgIpc) is 1.84. The van der Waals surface area contributed by atoms with Crippen LogP contribution in [0.2, 0.25) is 0 Å². The zero-order chi connectivity index (χ0) is 9.56. The smallest absolute Gasteiger partial charge is 0.188 e. The Morgan fingerprint density at radius 3 is 2.75 bits per heavy atom. The second-order valence-corrected chi connectivity index (χ2v) is 4.12. The van der Waals surface area contributed by atoms with Crippen LogP contribution in [0.3, 0.4) is 0 Å². The number of guanidine groups is 1. The minimum Gasteiger partial charge on any atom is -0.370 e. The molecule has 0 aliphatic carbocycles.